The molecular formula is C22H32N4O. The fourth-order valence-corrected chi connectivity index (χ4v) is 4.28. The summed E-state index contributed by atoms with van der Waals surface area (Å²) in [7, 11) is 1.69. The largest absolute Gasteiger partial charge is 0.497 e. The van der Waals surface area contributed by atoms with Crippen LogP contribution in [0.1, 0.15) is 51.9 Å². The van der Waals surface area contributed by atoms with Gasteiger partial charge < -0.3 is 15.4 Å². The molecule has 0 saturated carbocycles. The Bertz CT molecular complexity index is 739. The maximum atomic E-state index is 5.21. The highest BCUT2D eigenvalue weighted by atomic mass is 16.5. The Kier molecular flexibility index (Phi) is 5.70. The molecule has 1 aliphatic heterocycles. The summed E-state index contributed by atoms with van der Waals surface area (Å²) in [5.74, 6) is 2.69. The third-order valence-corrected chi connectivity index (χ3v) is 5.04. The van der Waals surface area contributed by atoms with Gasteiger partial charge in [-0.3, -0.25) is 0 Å². The lowest BCUT2D eigenvalue weighted by atomic mass is 9.79. The van der Waals surface area contributed by atoms with Crippen LogP contribution in [0, 0.1) is 0 Å². The SMILES string of the molecule is COc1ccc(CCc2nccc(NC3CC(C)(C)NC(C)(C)C3)n2)cc1. The Balaban J connectivity index is 1.61. The molecule has 1 saturated heterocycles. The van der Waals surface area contributed by atoms with E-state index in [-0.39, 0.29) is 11.1 Å². The van der Waals surface area contributed by atoms with Crippen LogP contribution in [0.3, 0.4) is 0 Å². The van der Waals surface area contributed by atoms with Crippen LogP contribution < -0.4 is 15.4 Å². The minimum absolute atomic E-state index is 0.115. The number of hydrogen-bond acceptors (Lipinski definition) is 5. The predicted molar refractivity (Wildman–Crippen MR) is 110 cm³/mol. The van der Waals surface area contributed by atoms with Crippen LogP contribution in [0.5, 0.6) is 5.75 Å². The zero-order valence-electron chi connectivity index (χ0n) is 17.2. The summed E-state index contributed by atoms with van der Waals surface area (Å²) in [5.41, 5.74) is 1.49. The molecule has 0 amide bonds. The Morgan fingerprint density at radius 1 is 1.04 bits per heavy atom. The zero-order valence-corrected chi connectivity index (χ0v) is 17.2. The van der Waals surface area contributed by atoms with Crippen LogP contribution >= 0.6 is 0 Å². The molecule has 1 aromatic carbocycles. The molecule has 5 heteroatoms. The molecule has 1 fully saturated rings. The van der Waals surface area contributed by atoms with Crippen molar-refractivity contribution in [2.75, 3.05) is 12.4 Å². The standard InChI is InChI=1S/C22H32N4O/c1-21(2)14-17(15-22(3,4)26-21)24-20-12-13-23-19(25-20)11-8-16-6-9-18(27-5)10-7-16/h6-7,9-10,12-13,17,26H,8,11,14-15H2,1-5H3,(H,23,24,25). The Morgan fingerprint density at radius 2 is 1.70 bits per heavy atom. The second kappa shape index (κ2) is 7.85. The first kappa shape index (κ1) is 19.6. The van der Waals surface area contributed by atoms with Gasteiger partial charge in [0.05, 0.1) is 7.11 Å². The molecule has 2 heterocycles. The minimum atomic E-state index is 0.115. The van der Waals surface area contributed by atoms with Crippen molar-refractivity contribution in [3.63, 3.8) is 0 Å². The van der Waals surface area contributed by atoms with Gasteiger partial charge >= 0.3 is 0 Å². The van der Waals surface area contributed by atoms with E-state index in [4.69, 9.17) is 9.72 Å². The molecule has 3 rings (SSSR count). The van der Waals surface area contributed by atoms with Crippen LogP contribution in [0.4, 0.5) is 5.82 Å². The third-order valence-electron chi connectivity index (χ3n) is 5.04. The van der Waals surface area contributed by atoms with Crippen LogP contribution in [0.2, 0.25) is 0 Å². The Labute approximate surface area is 163 Å². The number of rotatable bonds is 6. The van der Waals surface area contributed by atoms with Crippen molar-refractivity contribution < 1.29 is 4.74 Å². The lowest BCUT2D eigenvalue weighted by Crippen LogP contribution is -2.60. The molecule has 146 valence electrons. The number of hydrogen-bond donors (Lipinski definition) is 2. The van der Waals surface area contributed by atoms with Gasteiger partial charge in [-0.15, -0.1) is 0 Å². The first-order valence-corrected chi connectivity index (χ1v) is 9.75. The molecule has 1 aromatic heterocycles. The van der Waals surface area contributed by atoms with Gasteiger partial charge in [-0.1, -0.05) is 12.1 Å². The molecule has 0 atom stereocenters. The van der Waals surface area contributed by atoms with Gasteiger partial charge in [-0.2, -0.15) is 0 Å². The lowest BCUT2D eigenvalue weighted by Gasteiger charge is -2.46. The molecule has 0 radical (unpaired) electrons. The third kappa shape index (κ3) is 5.67. The number of ether oxygens (including phenoxy) is 1. The molecule has 2 N–H and O–H groups in total. The van der Waals surface area contributed by atoms with E-state index in [1.54, 1.807) is 7.11 Å². The Hall–Kier alpha value is -2.14. The van der Waals surface area contributed by atoms with Crippen LogP contribution in [-0.2, 0) is 12.8 Å². The summed E-state index contributed by atoms with van der Waals surface area (Å²) in [4.78, 5) is 9.19. The summed E-state index contributed by atoms with van der Waals surface area (Å²) in [5, 5.41) is 7.36. The van der Waals surface area contributed by atoms with Gasteiger partial charge in [-0.05, 0) is 70.7 Å². The molecule has 0 bridgehead atoms. The average molecular weight is 369 g/mol. The summed E-state index contributed by atoms with van der Waals surface area (Å²) < 4.78 is 5.21. The van der Waals surface area contributed by atoms with Crippen molar-refractivity contribution >= 4 is 5.82 Å². The van der Waals surface area contributed by atoms with Crippen molar-refractivity contribution in [2.45, 2.75) is 70.5 Å². The van der Waals surface area contributed by atoms with Crippen molar-refractivity contribution in [2.24, 2.45) is 0 Å². The van der Waals surface area contributed by atoms with Crippen molar-refractivity contribution in [3.8, 4) is 5.75 Å². The van der Waals surface area contributed by atoms with E-state index in [0.717, 1.165) is 43.1 Å². The smallest absolute Gasteiger partial charge is 0.130 e. The molecule has 0 aliphatic carbocycles. The number of piperidine rings is 1. The molecule has 5 nitrogen and oxygen atoms in total. The highest BCUT2D eigenvalue weighted by Crippen LogP contribution is 2.30. The second-order valence-electron chi connectivity index (χ2n) is 8.85. The molecular weight excluding hydrogens is 336 g/mol. The number of aromatic nitrogens is 2. The molecule has 2 aromatic rings. The molecule has 0 unspecified atom stereocenters. The van der Waals surface area contributed by atoms with E-state index < -0.39 is 0 Å². The highest BCUT2D eigenvalue weighted by molar-refractivity contribution is 5.35. The number of methoxy groups -OCH3 is 1. The van der Waals surface area contributed by atoms with Gasteiger partial charge in [0, 0.05) is 29.7 Å². The predicted octanol–water partition coefficient (Wildman–Crippen LogP) is 3.99. The normalized spacial score (nSPS) is 18.9. The van der Waals surface area contributed by atoms with Gasteiger partial charge in [0.25, 0.3) is 0 Å². The highest BCUT2D eigenvalue weighted by Gasteiger charge is 2.37. The quantitative estimate of drug-likeness (QED) is 0.807. The van der Waals surface area contributed by atoms with E-state index >= 15 is 0 Å². The topological polar surface area (TPSA) is 59.1 Å². The summed E-state index contributed by atoms with van der Waals surface area (Å²) in [6.07, 6.45) is 5.74. The van der Waals surface area contributed by atoms with E-state index in [2.05, 4.69) is 55.4 Å². The number of nitrogens with zero attached hydrogens (tertiary/aromatic N) is 2. The summed E-state index contributed by atoms with van der Waals surface area (Å²) in [6, 6.07) is 10.6. The second-order valence-corrected chi connectivity index (χ2v) is 8.85. The summed E-state index contributed by atoms with van der Waals surface area (Å²) >= 11 is 0. The van der Waals surface area contributed by atoms with Crippen molar-refractivity contribution in [1.82, 2.24) is 15.3 Å². The number of benzene rings is 1. The Morgan fingerprint density at radius 3 is 2.33 bits per heavy atom. The van der Waals surface area contributed by atoms with Gasteiger partial charge in [0.1, 0.15) is 17.4 Å². The monoisotopic (exact) mass is 368 g/mol. The maximum absolute atomic E-state index is 5.21. The molecule has 1 aliphatic rings. The number of aryl methyl sites for hydroxylation is 2. The fraction of sp³-hybridized carbons (Fsp3) is 0.545. The van der Waals surface area contributed by atoms with Crippen molar-refractivity contribution in [3.05, 3.63) is 47.9 Å². The van der Waals surface area contributed by atoms with Crippen molar-refractivity contribution in [1.29, 1.82) is 0 Å². The van der Waals surface area contributed by atoms with E-state index in [1.165, 1.54) is 5.56 Å². The fourth-order valence-electron chi connectivity index (χ4n) is 4.28. The van der Waals surface area contributed by atoms with Crippen LogP contribution in [0.25, 0.3) is 0 Å². The number of anilines is 1. The van der Waals surface area contributed by atoms with Crippen LogP contribution in [0.15, 0.2) is 36.5 Å². The lowest BCUT2D eigenvalue weighted by molar-refractivity contribution is 0.170. The van der Waals surface area contributed by atoms with Crippen LogP contribution in [-0.4, -0.2) is 34.2 Å². The van der Waals surface area contributed by atoms with Gasteiger partial charge in [0.15, 0.2) is 0 Å². The summed E-state index contributed by atoms with van der Waals surface area (Å²) in [6.45, 7) is 9.07. The maximum Gasteiger partial charge on any atom is 0.130 e. The average Bonchev–Trinajstić information content (AvgIpc) is 2.58. The van der Waals surface area contributed by atoms with E-state index in [9.17, 15) is 0 Å². The molecule has 0 spiro atoms. The minimum Gasteiger partial charge on any atom is -0.497 e. The number of nitrogens with one attached hydrogen (secondary N) is 2. The zero-order chi connectivity index (χ0) is 19.5. The first-order valence-electron chi connectivity index (χ1n) is 9.75. The molecule has 27 heavy (non-hydrogen) atoms. The van der Waals surface area contributed by atoms with Gasteiger partial charge in [-0.25, -0.2) is 9.97 Å². The van der Waals surface area contributed by atoms with Gasteiger partial charge in [0.2, 0.25) is 0 Å². The van der Waals surface area contributed by atoms with E-state index in [1.807, 2.05) is 24.4 Å². The van der Waals surface area contributed by atoms with E-state index in [0.29, 0.717) is 6.04 Å². The first-order chi connectivity index (χ1) is 12.7.